The molecule has 4 rings (SSSR count). The Morgan fingerprint density at radius 3 is 2.39 bits per heavy atom. The molecular weight excluding hydrogens is 365 g/mol. The van der Waals surface area contributed by atoms with Crippen LogP contribution in [0.25, 0.3) is 10.9 Å². The van der Waals surface area contributed by atoms with E-state index in [4.69, 9.17) is 0 Å². The fourth-order valence-electron chi connectivity index (χ4n) is 3.33. The molecule has 2 aromatic carbocycles. The summed E-state index contributed by atoms with van der Waals surface area (Å²) >= 11 is 0. The van der Waals surface area contributed by atoms with Crippen molar-refractivity contribution in [2.75, 3.05) is 0 Å². The molecule has 0 fully saturated rings. The van der Waals surface area contributed by atoms with Crippen LogP contribution in [-0.2, 0) is 6.42 Å². The molecule has 4 aromatic rings. The number of hydrogen-bond acceptors (Lipinski definition) is 3. The summed E-state index contributed by atoms with van der Waals surface area (Å²) in [5.41, 5.74) is 1.54. The van der Waals surface area contributed by atoms with Gasteiger partial charge in [-0.25, -0.2) is 13.2 Å². The van der Waals surface area contributed by atoms with Crippen molar-refractivity contribution >= 4 is 10.9 Å². The predicted octanol–water partition coefficient (Wildman–Crippen LogP) is 5.13. The van der Waals surface area contributed by atoms with E-state index in [0.717, 1.165) is 17.6 Å². The van der Waals surface area contributed by atoms with Gasteiger partial charge in [0.25, 0.3) is 0 Å². The minimum absolute atomic E-state index is 0.0751. The Balaban J connectivity index is 1.87. The summed E-state index contributed by atoms with van der Waals surface area (Å²) in [6.45, 7) is 0. The average molecular weight is 380 g/mol. The lowest BCUT2D eigenvalue weighted by Crippen LogP contribution is -2.09. The van der Waals surface area contributed by atoms with Crippen LogP contribution in [0.4, 0.5) is 13.2 Å². The first-order valence-electron chi connectivity index (χ1n) is 8.65. The van der Waals surface area contributed by atoms with Gasteiger partial charge in [-0.1, -0.05) is 24.3 Å². The molecule has 2 heterocycles. The monoisotopic (exact) mass is 380 g/mol. The van der Waals surface area contributed by atoms with Gasteiger partial charge in [-0.05, 0) is 29.8 Å². The Bertz CT molecular complexity index is 1150. The Morgan fingerprint density at radius 1 is 0.857 bits per heavy atom. The number of halogens is 3. The highest BCUT2D eigenvalue weighted by molar-refractivity contribution is 5.85. The summed E-state index contributed by atoms with van der Waals surface area (Å²) in [5, 5.41) is 11.5. The summed E-state index contributed by atoms with van der Waals surface area (Å²) in [6.07, 6.45) is 2.82. The molecule has 0 aliphatic carbocycles. The molecule has 140 valence electrons. The zero-order chi connectivity index (χ0) is 19.7. The molecule has 6 heteroatoms. The van der Waals surface area contributed by atoms with Crippen LogP contribution in [-0.4, -0.2) is 15.1 Å². The van der Waals surface area contributed by atoms with Gasteiger partial charge in [0, 0.05) is 41.2 Å². The third-order valence-corrected chi connectivity index (χ3v) is 4.69. The molecule has 0 amide bonds. The van der Waals surface area contributed by atoms with Crippen LogP contribution in [0, 0.1) is 17.5 Å². The maximum Gasteiger partial charge on any atom is 0.145 e. The standard InChI is InChI=1S/C22H15F3N2O/c23-14-5-8-17(20(25)10-14)19(11-16-6-4-15(24)12-27-16)18-7-3-13-2-1-9-26-21(13)22(18)28/h1-10,12,19,28H,11H2. The third kappa shape index (κ3) is 3.41. The van der Waals surface area contributed by atoms with Gasteiger partial charge in [-0.2, -0.15) is 0 Å². The number of aromatic nitrogens is 2. The number of hydrogen-bond donors (Lipinski definition) is 1. The maximum atomic E-state index is 14.6. The zero-order valence-electron chi connectivity index (χ0n) is 14.6. The van der Waals surface area contributed by atoms with Crippen molar-refractivity contribution in [1.29, 1.82) is 0 Å². The summed E-state index contributed by atoms with van der Waals surface area (Å²) in [7, 11) is 0. The second-order valence-corrected chi connectivity index (χ2v) is 6.47. The number of benzene rings is 2. The molecule has 3 nitrogen and oxygen atoms in total. The van der Waals surface area contributed by atoms with Gasteiger partial charge in [-0.15, -0.1) is 0 Å². The molecular formula is C22H15F3N2O. The van der Waals surface area contributed by atoms with E-state index in [1.807, 2.05) is 0 Å². The van der Waals surface area contributed by atoms with Gasteiger partial charge < -0.3 is 5.11 Å². The molecule has 0 saturated heterocycles. The van der Waals surface area contributed by atoms with E-state index in [1.54, 1.807) is 30.5 Å². The van der Waals surface area contributed by atoms with Gasteiger partial charge in [0.2, 0.25) is 0 Å². The fourth-order valence-corrected chi connectivity index (χ4v) is 3.33. The number of rotatable bonds is 4. The van der Waals surface area contributed by atoms with Crippen molar-refractivity contribution in [2.24, 2.45) is 0 Å². The van der Waals surface area contributed by atoms with E-state index in [9.17, 15) is 18.3 Å². The molecule has 0 bridgehead atoms. The van der Waals surface area contributed by atoms with E-state index in [2.05, 4.69) is 9.97 Å². The van der Waals surface area contributed by atoms with Crippen molar-refractivity contribution in [3.63, 3.8) is 0 Å². The minimum atomic E-state index is -0.729. The Morgan fingerprint density at radius 2 is 1.64 bits per heavy atom. The second-order valence-electron chi connectivity index (χ2n) is 6.47. The third-order valence-electron chi connectivity index (χ3n) is 4.69. The van der Waals surface area contributed by atoms with E-state index >= 15 is 0 Å². The number of pyridine rings is 2. The molecule has 0 radical (unpaired) electrons. The van der Waals surface area contributed by atoms with Gasteiger partial charge in [0.1, 0.15) is 28.7 Å². The minimum Gasteiger partial charge on any atom is -0.505 e. The second kappa shape index (κ2) is 7.31. The lowest BCUT2D eigenvalue weighted by atomic mass is 9.85. The lowest BCUT2D eigenvalue weighted by molar-refractivity contribution is 0.467. The number of phenolic OH excluding ortho intramolecular Hbond substituents is 1. The van der Waals surface area contributed by atoms with Gasteiger partial charge in [0.15, 0.2) is 0 Å². The van der Waals surface area contributed by atoms with Crippen molar-refractivity contribution < 1.29 is 18.3 Å². The van der Waals surface area contributed by atoms with Crippen molar-refractivity contribution in [3.05, 3.63) is 101 Å². The van der Waals surface area contributed by atoms with E-state index in [0.29, 0.717) is 16.8 Å². The first kappa shape index (κ1) is 18.0. The van der Waals surface area contributed by atoms with Crippen LogP contribution in [0.5, 0.6) is 5.75 Å². The molecule has 1 unspecified atom stereocenters. The zero-order valence-corrected chi connectivity index (χ0v) is 14.6. The van der Waals surface area contributed by atoms with E-state index < -0.39 is 23.4 Å². The van der Waals surface area contributed by atoms with Crippen LogP contribution >= 0.6 is 0 Å². The largest absolute Gasteiger partial charge is 0.505 e. The first-order chi connectivity index (χ1) is 13.5. The fraction of sp³-hybridized carbons (Fsp3) is 0.0909. The molecule has 2 aromatic heterocycles. The first-order valence-corrected chi connectivity index (χ1v) is 8.65. The quantitative estimate of drug-likeness (QED) is 0.534. The topological polar surface area (TPSA) is 46.0 Å². The van der Waals surface area contributed by atoms with Crippen molar-refractivity contribution in [2.45, 2.75) is 12.3 Å². The number of phenols is 1. The van der Waals surface area contributed by atoms with Crippen molar-refractivity contribution in [3.8, 4) is 5.75 Å². The Kier molecular flexibility index (Phi) is 4.69. The summed E-state index contributed by atoms with van der Waals surface area (Å²) in [4.78, 5) is 8.24. The van der Waals surface area contributed by atoms with Crippen LogP contribution in [0.2, 0.25) is 0 Å². The van der Waals surface area contributed by atoms with Crippen LogP contribution in [0.1, 0.15) is 22.7 Å². The smallest absolute Gasteiger partial charge is 0.145 e. The highest BCUT2D eigenvalue weighted by Gasteiger charge is 2.24. The lowest BCUT2D eigenvalue weighted by Gasteiger charge is -2.20. The highest BCUT2D eigenvalue weighted by Crippen LogP contribution is 2.38. The summed E-state index contributed by atoms with van der Waals surface area (Å²) < 4.78 is 41.2. The van der Waals surface area contributed by atoms with Crippen LogP contribution < -0.4 is 0 Å². The molecule has 0 saturated carbocycles. The molecule has 0 spiro atoms. The Labute approximate surface area is 159 Å². The van der Waals surface area contributed by atoms with Crippen LogP contribution in [0.15, 0.2) is 67.0 Å². The number of nitrogens with zero attached hydrogens (tertiary/aromatic N) is 2. The summed E-state index contributed by atoms with van der Waals surface area (Å²) in [5.74, 6) is -2.64. The number of aromatic hydroxyl groups is 1. The molecule has 0 aliphatic heterocycles. The maximum absolute atomic E-state index is 14.6. The molecule has 0 aliphatic rings. The summed E-state index contributed by atoms with van der Waals surface area (Å²) in [6, 6.07) is 13.1. The molecule has 28 heavy (non-hydrogen) atoms. The SMILES string of the molecule is Oc1c(C(Cc2ccc(F)cn2)c2ccc(F)cc2F)ccc2cccnc12. The van der Waals surface area contributed by atoms with E-state index in [-0.39, 0.29) is 17.7 Å². The van der Waals surface area contributed by atoms with E-state index in [1.165, 1.54) is 24.3 Å². The van der Waals surface area contributed by atoms with Crippen LogP contribution in [0.3, 0.4) is 0 Å². The van der Waals surface area contributed by atoms with Gasteiger partial charge in [-0.3, -0.25) is 9.97 Å². The number of fused-ring (bicyclic) bond motifs is 1. The van der Waals surface area contributed by atoms with Crippen molar-refractivity contribution in [1.82, 2.24) is 9.97 Å². The normalized spacial score (nSPS) is 12.2. The van der Waals surface area contributed by atoms with Gasteiger partial charge in [0.05, 0.1) is 6.20 Å². The Hall–Kier alpha value is -3.41. The highest BCUT2D eigenvalue weighted by atomic mass is 19.1. The molecule has 1 N–H and O–H groups in total. The molecule has 1 atom stereocenters. The predicted molar refractivity (Wildman–Crippen MR) is 99.5 cm³/mol. The van der Waals surface area contributed by atoms with Gasteiger partial charge >= 0.3 is 0 Å². The average Bonchev–Trinajstić information content (AvgIpc) is 2.69.